The molecule has 1 saturated carbocycles. The minimum Gasteiger partial charge on any atom is -0.396 e. The van der Waals surface area contributed by atoms with E-state index in [1.807, 2.05) is 24.3 Å². The van der Waals surface area contributed by atoms with E-state index < -0.39 is 0 Å². The van der Waals surface area contributed by atoms with E-state index in [1.165, 1.54) is 25.7 Å². The van der Waals surface area contributed by atoms with Crippen LogP contribution in [0, 0.1) is 0 Å². The van der Waals surface area contributed by atoms with Crippen molar-refractivity contribution in [3.05, 3.63) is 52.8 Å². The first-order valence-electron chi connectivity index (χ1n) is 7.66. The molecule has 1 heterocycles. The number of aliphatic hydroxyl groups excluding tert-OH is 1. The molecule has 0 saturated heterocycles. The Labute approximate surface area is 130 Å². The molecule has 1 aromatic carbocycles. The maximum Gasteiger partial charge on any atom is 0.0631 e. The lowest BCUT2D eigenvalue weighted by molar-refractivity contribution is 0.263. The van der Waals surface area contributed by atoms with Gasteiger partial charge in [-0.05, 0) is 36.6 Å². The monoisotopic (exact) mass is 304 g/mol. The van der Waals surface area contributed by atoms with E-state index in [4.69, 9.17) is 16.7 Å². The lowest BCUT2D eigenvalue weighted by atomic mass is 9.95. The normalized spacial score (nSPS) is 17.2. The fourth-order valence-electron chi connectivity index (χ4n) is 3.13. The molecule has 0 aliphatic heterocycles. The van der Waals surface area contributed by atoms with Gasteiger partial charge in [0.1, 0.15) is 0 Å². The summed E-state index contributed by atoms with van der Waals surface area (Å²) < 4.78 is 2.11. The molecule has 2 aromatic rings. The molecular formula is C17H21ClN2O. The molecule has 1 N–H and O–H groups in total. The van der Waals surface area contributed by atoms with Gasteiger partial charge in [-0.15, -0.1) is 0 Å². The van der Waals surface area contributed by atoms with Crippen molar-refractivity contribution in [1.82, 2.24) is 9.78 Å². The second-order valence-electron chi connectivity index (χ2n) is 5.86. The van der Waals surface area contributed by atoms with Crippen molar-refractivity contribution in [2.45, 2.75) is 44.1 Å². The van der Waals surface area contributed by atoms with Crippen LogP contribution in [0.3, 0.4) is 0 Å². The third-order valence-corrected chi connectivity index (χ3v) is 4.63. The van der Waals surface area contributed by atoms with Crippen LogP contribution in [0.15, 0.2) is 36.5 Å². The zero-order valence-electron chi connectivity index (χ0n) is 12.1. The Morgan fingerprint density at radius 2 is 1.90 bits per heavy atom. The van der Waals surface area contributed by atoms with Gasteiger partial charge in [0.2, 0.25) is 0 Å². The van der Waals surface area contributed by atoms with Crippen LogP contribution in [0.5, 0.6) is 0 Å². The SMILES string of the molecule is OCC(Cc1ccn(C2CCCC2)n1)c1ccc(Cl)cc1. The second-order valence-corrected chi connectivity index (χ2v) is 6.30. The summed E-state index contributed by atoms with van der Waals surface area (Å²) in [4.78, 5) is 0. The van der Waals surface area contributed by atoms with Gasteiger partial charge in [-0.25, -0.2) is 0 Å². The van der Waals surface area contributed by atoms with Crippen molar-refractivity contribution in [2.24, 2.45) is 0 Å². The third-order valence-electron chi connectivity index (χ3n) is 4.38. The quantitative estimate of drug-likeness (QED) is 0.907. The molecule has 1 unspecified atom stereocenters. The summed E-state index contributed by atoms with van der Waals surface area (Å²) in [5, 5.41) is 15.1. The van der Waals surface area contributed by atoms with Gasteiger partial charge in [-0.2, -0.15) is 5.10 Å². The van der Waals surface area contributed by atoms with Crippen molar-refractivity contribution >= 4 is 11.6 Å². The molecular weight excluding hydrogens is 284 g/mol. The zero-order chi connectivity index (χ0) is 14.7. The van der Waals surface area contributed by atoms with Crippen LogP contribution < -0.4 is 0 Å². The zero-order valence-corrected chi connectivity index (χ0v) is 12.8. The van der Waals surface area contributed by atoms with Crippen molar-refractivity contribution in [3.8, 4) is 0 Å². The van der Waals surface area contributed by atoms with Crippen LogP contribution in [0.1, 0.15) is 48.9 Å². The van der Waals surface area contributed by atoms with Gasteiger partial charge in [0.25, 0.3) is 0 Å². The van der Waals surface area contributed by atoms with E-state index in [0.29, 0.717) is 6.04 Å². The van der Waals surface area contributed by atoms with Gasteiger partial charge < -0.3 is 5.11 Å². The summed E-state index contributed by atoms with van der Waals surface area (Å²) >= 11 is 5.92. The number of hydrogen-bond acceptors (Lipinski definition) is 2. The van der Waals surface area contributed by atoms with E-state index in [2.05, 4.69) is 16.9 Å². The summed E-state index contributed by atoms with van der Waals surface area (Å²) in [6, 6.07) is 10.4. The van der Waals surface area contributed by atoms with Gasteiger partial charge in [-0.1, -0.05) is 36.6 Å². The highest BCUT2D eigenvalue weighted by Crippen LogP contribution is 2.29. The van der Waals surface area contributed by atoms with Crippen LogP contribution in [-0.2, 0) is 6.42 Å². The topological polar surface area (TPSA) is 38.0 Å². The van der Waals surface area contributed by atoms with E-state index >= 15 is 0 Å². The number of aliphatic hydroxyl groups is 1. The Balaban J connectivity index is 1.70. The number of hydrogen-bond donors (Lipinski definition) is 1. The fourth-order valence-corrected chi connectivity index (χ4v) is 3.26. The first-order valence-corrected chi connectivity index (χ1v) is 8.04. The third kappa shape index (κ3) is 3.47. The van der Waals surface area contributed by atoms with Crippen LogP contribution in [0.25, 0.3) is 0 Å². The molecule has 21 heavy (non-hydrogen) atoms. The van der Waals surface area contributed by atoms with E-state index in [1.54, 1.807) is 0 Å². The number of benzene rings is 1. The smallest absolute Gasteiger partial charge is 0.0631 e. The number of nitrogens with zero attached hydrogens (tertiary/aromatic N) is 2. The Hall–Kier alpha value is -1.32. The molecule has 0 bridgehead atoms. The minimum atomic E-state index is 0.0780. The van der Waals surface area contributed by atoms with Crippen molar-refractivity contribution in [3.63, 3.8) is 0 Å². The van der Waals surface area contributed by atoms with Crippen molar-refractivity contribution < 1.29 is 5.11 Å². The van der Waals surface area contributed by atoms with Gasteiger partial charge in [0.15, 0.2) is 0 Å². The second kappa shape index (κ2) is 6.63. The Bertz CT molecular complexity index is 573. The number of rotatable bonds is 5. The van der Waals surface area contributed by atoms with Crippen molar-refractivity contribution in [2.75, 3.05) is 6.61 Å². The minimum absolute atomic E-state index is 0.0780. The Morgan fingerprint density at radius 3 is 2.57 bits per heavy atom. The summed E-state index contributed by atoms with van der Waals surface area (Å²) in [6.45, 7) is 0.123. The molecule has 1 aliphatic rings. The largest absolute Gasteiger partial charge is 0.396 e. The Kier molecular flexibility index (Phi) is 4.61. The van der Waals surface area contributed by atoms with E-state index in [9.17, 15) is 5.11 Å². The Morgan fingerprint density at radius 1 is 1.19 bits per heavy atom. The lowest BCUT2D eigenvalue weighted by Gasteiger charge is -2.14. The van der Waals surface area contributed by atoms with Gasteiger partial charge in [0, 0.05) is 23.6 Å². The first-order chi connectivity index (χ1) is 10.3. The van der Waals surface area contributed by atoms with E-state index in [-0.39, 0.29) is 12.5 Å². The lowest BCUT2D eigenvalue weighted by Crippen LogP contribution is -2.10. The average Bonchev–Trinajstić information content (AvgIpc) is 3.17. The van der Waals surface area contributed by atoms with Crippen LogP contribution in [0.4, 0.5) is 0 Å². The van der Waals surface area contributed by atoms with Crippen LogP contribution in [-0.4, -0.2) is 21.5 Å². The predicted octanol–water partition coefficient (Wildman–Crippen LogP) is 3.97. The standard InChI is InChI=1S/C17H21ClN2O/c18-15-7-5-13(6-8-15)14(12-21)11-16-9-10-20(19-16)17-3-1-2-4-17/h5-10,14,17,21H,1-4,11-12H2. The molecule has 1 aliphatic carbocycles. The van der Waals surface area contributed by atoms with Gasteiger partial charge >= 0.3 is 0 Å². The van der Waals surface area contributed by atoms with Crippen LogP contribution >= 0.6 is 11.6 Å². The summed E-state index contributed by atoms with van der Waals surface area (Å²) in [5.74, 6) is 0.0780. The molecule has 1 aromatic heterocycles. The van der Waals surface area contributed by atoms with Crippen LogP contribution in [0.2, 0.25) is 5.02 Å². The maximum absolute atomic E-state index is 9.66. The molecule has 1 atom stereocenters. The molecule has 0 spiro atoms. The van der Waals surface area contributed by atoms with Gasteiger partial charge in [0.05, 0.1) is 18.3 Å². The average molecular weight is 305 g/mol. The summed E-state index contributed by atoms with van der Waals surface area (Å²) in [6.07, 6.45) is 7.94. The molecule has 0 radical (unpaired) electrons. The molecule has 4 heteroatoms. The molecule has 1 fully saturated rings. The predicted molar refractivity (Wildman–Crippen MR) is 84.7 cm³/mol. The highest BCUT2D eigenvalue weighted by atomic mass is 35.5. The van der Waals surface area contributed by atoms with Crippen molar-refractivity contribution in [1.29, 1.82) is 0 Å². The van der Waals surface area contributed by atoms with E-state index in [0.717, 1.165) is 22.7 Å². The molecule has 0 amide bonds. The highest BCUT2D eigenvalue weighted by Gasteiger charge is 2.19. The highest BCUT2D eigenvalue weighted by molar-refractivity contribution is 6.30. The molecule has 3 nitrogen and oxygen atoms in total. The molecule has 112 valence electrons. The summed E-state index contributed by atoms with van der Waals surface area (Å²) in [5.41, 5.74) is 2.16. The van der Waals surface area contributed by atoms with Gasteiger partial charge in [-0.3, -0.25) is 4.68 Å². The number of halogens is 1. The first kappa shape index (κ1) is 14.6. The number of aromatic nitrogens is 2. The fraction of sp³-hybridized carbons (Fsp3) is 0.471. The summed E-state index contributed by atoms with van der Waals surface area (Å²) in [7, 11) is 0. The molecule has 3 rings (SSSR count). The maximum atomic E-state index is 9.66.